The summed E-state index contributed by atoms with van der Waals surface area (Å²) < 4.78 is 38.1. The summed E-state index contributed by atoms with van der Waals surface area (Å²) >= 11 is 5.63. The summed E-state index contributed by atoms with van der Waals surface area (Å²) in [5.74, 6) is -1.92. The molecule has 2 aromatic rings. The highest BCUT2D eigenvalue weighted by Crippen LogP contribution is 2.34. The number of hydrogen-bond donors (Lipinski definition) is 3. The molecule has 1 aromatic heterocycles. The number of anilines is 1. The van der Waals surface area contributed by atoms with Crippen LogP contribution in [0, 0.1) is 18.3 Å². The second-order valence-corrected chi connectivity index (χ2v) is 6.57. The number of carbonyl (C=O) groups is 2. The SMILES string of the molecule is C=C(C#N)/C=C\c1[nH]cc(NC(=O)C(=O)NCc2ccc(C(F)(F)F)c(Cl)c2)c1C. The lowest BCUT2D eigenvalue weighted by atomic mass is 10.1. The third-order valence-electron chi connectivity index (χ3n) is 4.02. The fraction of sp³-hybridized carbons (Fsp3) is 0.150. The Hall–Kier alpha value is -3.51. The van der Waals surface area contributed by atoms with Crippen LogP contribution in [0.3, 0.4) is 0 Å². The normalized spacial score (nSPS) is 11.2. The maximum atomic E-state index is 12.7. The van der Waals surface area contributed by atoms with Crippen LogP contribution < -0.4 is 10.6 Å². The Bertz CT molecular complexity index is 1060. The van der Waals surface area contributed by atoms with E-state index in [0.29, 0.717) is 22.5 Å². The summed E-state index contributed by atoms with van der Waals surface area (Å²) in [6.45, 7) is 5.03. The Morgan fingerprint density at radius 2 is 2.03 bits per heavy atom. The molecule has 0 unspecified atom stereocenters. The van der Waals surface area contributed by atoms with E-state index in [1.54, 1.807) is 13.0 Å². The molecule has 0 radical (unpaired) electrons. The largest absolute Gasteiger partial charge is 0.417 e. The number of aromatic amines is 1. The molecular formula is C20H16ClF3N4O2. The fourth-order valence-corrected chi connectivity index (χ4v) is 2.69. The maximum Gasteiger partial charge on any atom is 0.417 e. The minimum atomic E-state index is -4.58. The second-order valence-electron chi connectivity index (χ2n) is 6.16. The molecule has 0 saturated heterocycles. The molecule has 0 aliphatic carbocycles. The Kier molecular flexibility index (Phi) is 7.08. The molecule has 0 saturated carbocycles. The fourth-order valence-electron chi connectivity index (χ4n) is 2.38. The molecule has 0 atom stereocenters. The van der Waals surface area contributed by atoms with Crippen LogP contribution in [0.1, 0.15) is 22.4 Å². The molecular weight excluding hydrogens is 421 g/mol. The van der Waals surface area contributed by atoms with Crippen molar-refractivity contribution in [1.29, 1.82) is 5.26 Å². The summed E-state index contributed by atoms with van der Waals surface area (Å²) in [4.78, 5) is 27.0. The van der Waals surface area contributed by atoms with Crippen molar-refractivity contribution in [1.82, 2.24) is 10.3 Å². The van der Waals surface area contributed by atoms with Crippen molar-refractivity contribution >= 4 is 35.2 Å². The topological polar surface area (TPSA) is 97.8 Å². The van der Waals surface area contributed by atoms with Crippen molar-refractivity contribution in [2.45, 2.75) is 19.6 Å². The van der Waals surface area contributed by atoms with Crippen LogP contribution >= 0.6 is 11.6 Å². The summed E-state index contributed by atoms with van der Waals surface area (Å²) in [5, 5.41) is 12.9. The Labute approximate surface area is 175 Å². The average molecular weight is 437 g/mol. The van der Waals surface area contributed by atoms with Crippen LogP contribution in [-0.2, 0) is 22.3 Å². The molecule has 0 bridgehead atoms. The number of halogens is 4. The van der Waals surface area contributed by atoms with E-state index in [1.807, 2.05) is 6.07 Å². The van der Waals surface area contributed by atoms with Gasteiger partial charge in [-0.15, -0.1) is 0 Å². The molecule has 0 spiro atoms. The van der Waals surface area contributed by atoms with E-state index in [-0.39, 0.29) is 12.1 Å². The lowest BCUT2D eigenvalue weighted by molar-refractivity contribution is -0.137. The summed E-state index contributed by atoms with van der Waals surface area (Å²) in [5.41, 5.74) is 1.17. The first-order valence-electron chi connectivity index (χ1n) is 8.42. The Balaban J connectivity index is 1.98. The second kappa shape index (κ2) is 9.33. The van der Waals surface area contributed by atoms with Crippen molar-refractivity contribution in [3.8, 4) is 6.07 Å². The van der Waals surface area contributed by atoms with Crippen LogP contribution in [0.5, 0.6) is 0 Å². The number of amides is 2. The molecule has 0 aliphatic heterocycles. The number of nitrogens with one attached hydrogen (secondary N) is 3. The minimum Gasteiger partial charge on any atom is -0.360 e. The van der Waals surface area contributed by atoms with Crippen LogP contribution in [0.2, 0.25) is 5.02 Å². The zero-order valence-corrected chi connectivity index (χ0v) is 16.4. The van der Waals surface area contributed by atoms with Gasteiger partial charge in [-0.1, -0.05) is 24.2 Å². The number of hydrogen-bond acceptors (Lipinski definition) is 3. The van der Waals surface area contributed by atoms with Crippen molar-refractivity contribution in [2.24, 2.45) is 0 Å². The van der Waals surface area contributed by atoms with Gasteiger partial charge < -0.3 is 15.6 Å². The van der Waals surface area contributed by atoms with Crippen molar-refractivity contribution in [2.75, 3.05) is 5.32 Å². The number of nitrogens with zero attached hydrogens (tertiary/aromatic N) is 1. The van der Waals surface area contributed by atoms with Crippen molar-refractivity contribution in [3.63, 3.8) is 0 Å². The van der Waals surface area contributed by atoms with E-state index in [9.17, 15) is 22.8 Å². The predicted molar refractivity (Wildman–Crippen MR) is 106 cm³/mol. The highest BCUT2D eigenvalue weighted by Gasteiger charge is 2.33. The quantitative estimate of drug-likeness (QED) is 0.369. The zero-order chi connectivity index (χ0) is 22.5. The van der Waals surface area contributed by atoms with E-state index in [1.165, 1.54) is 12.3 Å². The number of allylic oxidation sites excluding steroid dienone is 2. The monoisotopic (exact) mass is 436 g/mol. The Morgan fingerprint density at radius 3 is 2.63 bits per heavy atom. The molecule has 6 nitrogen and oxygen atoms in total. The smallest absolute Gasteiger partial charge is 0.360 e. The van der Waals surface area contributed by atoms with Gasteiger partial charge in [-0.2, -0.15) is 18.4 Å². The molecule has 30 heavy (non-hydrogen) atoms. The van der Waals surface area contributed by atoms with Gasteiger partial charge in [0.15, 0.2) is 0 Å². The van der Waals surface area contributed by atoms with E-state index >= 15 is 0 Å². The molecule has 3 N–H and O–H groups in total. The highest BCUT2D eigenvalue weighted by atomic mass is 35.5. The number of alkyl halides is 3. The molecule has 2 amide bonds. The van der Waals surface area contributed by atoms with Gasteiger partial charge in [0.05, 0.1) is 22.3 Å². The van der Waals surface area contributed by atoms with Gasteiger partial charge >= 0.3 is 18.0 Å². The van der Waals surface area contributed by atoms with Crippen molar-refractivity contribution < 1.29 is 22.8 Å². The molecule has 1 heterocycles. The number of benzene rings is 1. The molecule has 2 rings (SSSR count). The van der Waals surface area contributed by atoms with Gasteiger partial charge in [-0.25, -0.2) is 0 Å². The van der Waals surface area contributed by atoms with Crippen molar-refractivity contribution in [3.05, 3.63) is 70.0 Å². The highest BCUT2D eigenvalue weighted by molar-refractivity contribution is 6.39. The van der Waals surface area contributed by atoms with Gasteiger partial charge in [0.2, 0.25) is 0 Å². The number of aromatic nitrogens is 1. The molecule has 10 heteroatoms. The van der Waals surface area contributed by atoms with Crippen LogP contribution in [-0.4, -0.2) is 16.8 Å². The summed E-state index contributed by atoms with van der Waals surface area (Å²) in [6, 6.07) is 4.92. The van der Waals surface area contributed by atoms with E-state index in [0.717, 1.165) is 18.2 Å². The number of rotatable bonds is 5. The van der Waals surface area contributed by atoms with E-state index < -0.39 is 28.6 Å². The minimum absolute atomic E-state index is 0.180. The van der Waals surface area contributed by atoms with Crippen LogP contribution in [0.15, 0.2) is 42.6 Å². The number of carbonyl (C=O) groups excluding carboxylic acids is 2. The first-order chi connectivity index (χ1) is 14.0. The molecule has 0 aliphatic rings. The Morgan fingerprint density at radius 1 is 1.33 bits per heavy atom. The lowest BCUT2D eigenvalue weighted by Gasteiger charge is -2.11. The third-order valence-corrected chi connectivity index (χ3v) is 4.33. The zero-order valence-electron chi connectivity index (χ0n) is 15.7. The van der Waals surface area contributed by atoms with Crippen LogP contribution in [0.4, 0.5) is 18.9 Å². The average Bonchev–Trinajstić information content (AvgIpc) is 3.02. The van der Waals surface area contributed by atoms with Gasteiger partial charge in [-0.05, 0) is 42.3 Å². The molecule has 156 valence electrons. The summed E-state index contributed by atoms with van der Waals surface area (Å²) in [7, 11) is 0. The molecule has 1 aromatic carbocycles. The number of nitriles is 1. The first-order valence-corrected chi connectivity index (χ1v) is 8.80. The number of H-pyrrole nitrogens is 1. The summed E-state index contributed by atoms with van der Waals surface area (Å²) in [6.07, 6.45) is -0.00862. The first kappa shape index (κ1) is 22.8. The maximum absolute atomic E-state index is 12.7. The molecule has 0 fully saturated rings. The van der Waals surface area contributed by atoms with Gasteiger partial charge in [0.1, 0.15) is 0 Å². The van der Waals surface area contributed by atoms with E-state index in [2.05, 4.69) is 22.2 Å². The van der Waals surface area contributed by atoms with Gasteiger partial charge in [-0.3, -0.25) is 9.59 Å². The van der Waals surface area contributed by atoms with Crippen LogP contribution in [0.25, 0.3) is 6.08 Å². The standard InChI is InChI=1S/C20H16ClF3N4O2/c1-11(8-25)3-6-16-12(2)17(10-26-16)28-19(30)18(29)27-9-13-4-5-14(15(21)7-13)20(22,23)24/h3-7,10,26H,1,9H2,2H3,(H,27,29)(H,28,30)/b6-3-. The predicted octanol–water partition coefficient (Wildman–Crippen LogP) is 4.34. The van der Waals surface area contributed by atoms with Gasteiger partial charge in [0.25, 0.3) is 0 Å². The van der Waals surface area contributed by atoms with E-state index in [4.69, 9.17) is 16.9 Å². The van der Waals surface area contributed by atoms with Gasteiger partial charge in [0, 0.05) is 24.0 Å². The lowest BCUT2D eigenvalue weighted by Crippen LogP contribution is -2.35. The third kappa shape index (κ3) is 5.75.